The number of hydrogen-bond acceptors (Lipinski definition) is 3. The van der Waals surface area contributed by atoms with E-state index < -0.39 is 0 Å². The molecule has 0 aliphatic carbocycles. The van der Waals surface area contributed by atoms with Crippen LogP contribution in [0.3, 0.4) is 0 Å². The van der Waals surface area contributed by atoms with Crippen molar-refractivity contribution in [2.45, 2.75) is 6.61 Å². The zero-order chi connectivity index (χ0) is 14.5. The van der Waals surface area contributed by atoms with Crippen LogP contribution < -0.4 is 16.2 Å². The molecule has 0 aliphatic heterocycles. The highest BCUT2D eigenvalue weighted by atomic mass is 16.5. The Hall–Kier alpha value is -2.82. The first-order valence-electron chi connectivity index (χ1n) is 6.07. The lowest BCUT2D eigenvalue weighted by molar-refractivity contribution is 0.306. The van der Waals surface area contributed by atoms with Gasteiger partial charge in [0.05, 0.1) is 0 Å². The van der Waals surface area contributed by atoms with Gasteiger partial charge in [-0.1, -0.05) is 36.4 Å². The third-order valence-electron chi connectivity index (χ3n) is 2.82. The van der Waals surface area contributed by atoms with Crippen LogP contribution in [0.15, 0.2) is 48.5 Å². The lowest BCUT2D eigenvalue weighted by Crippen LogP contribution is -2.11. The van der Waals surface area contributed by atoms with Gasteiger partial charge in [0.15, 0.2) is 0 Å². The second-order valence-electron chi connectivity index (χ2n) is 4.34. The minimum absolute atomic E-state index is 0.0151. The molecule has 2 aromatic rings. The second-order valence-corrected chi connectivity index (χ2v) is 4.34. The molecule has 0 aromatic heterocycles. The number of benzene rings is 2. The van der Waals surface area contributed by atoms with Gasteiger partial charge < -0.3 is 16.2 Å². The summed E-state index contributed by atoms with van der Waals surface area (Å²) in [5.74, 6) is 0.723. The van der Waals surface area contributed by atoms with E-state index >= 15 is 0 Å². The molecule has 0 fully saturated rings. The van der Waals surface area contributed by atoms with Gasteiger partial charge in [-0.2, -0.15) is 0 Å². The molecule has 0 saturated carbocycles. The fraction of sp³-hybridized carbons (Fsp3) is 0.0667. The second kappa shape index (κ2) is 5.88. The van der Waals surface area contributed by atoms with Crippen molar-refractivity contribution in [2.75, 3.05) is 0 Å². The van der Waals surface area contributed by atoms with Gasteiger partial charge in [0.25, 0.3) is 0 Å². The van der Waals surface area contributed by atoms with Crippen molar-refractivity contribution >= 4 is 11.7 Å². The molecule has 0 unspecified atom stereocenters. The summed E-state index contributed by atoms with van der Waals surface area (Å²) in [5.41, 5.74) is 13.1. The number of nitrogen functional groups attached to an aromatic ring is 2. The number of amidine groups is 2. The van der Waals surface area contributed by atoms with Crippen molar-refractivity contribution in [3.05, 3.63) is 65.2 Å². The normalized spacial score (nSPS) is 10.0. The zero-order valence-electron chi connectivity index (χ0n) is 10.9. The summed E-state index contributed by atoms with van der Waals surface area (Å²) in [6.07, 6.45) is 0. The Morgan fingerprint density at radius 2 is 1.55 bits per heavy atom. The average molecular weight is 268 g/mol. The molecule has 0 radical (unpaired) electrons. The Morgan fingerprint density at radius 3 is 2.15 bits per heavy atom. The number of hydrogen-bond donors (Lipinski definition) is 4. The van der Waals surface area contributed by atoms with Crippen LogP contribution in [0.2, 0.25) is 0 Å². The first-order valence-corrected chi connectivity index (χ1v) is 6.07. The first kappa shape index (κ1) is 13.6. The third-order valence-corrected chi connectivity index (χ3v) is 2.82. The topological polar surface area (TPSA) is 109 Å². The number of rotatable bonds is 5. The fourth-order valence-electron chi connectivity index (χ4n) is 1.70. The largest absolute Gasteiger partial charge is 0.489 e. The summed E-state index contributed by atoms with van der Waals surface area (Å²) in [7, 11) is 0. The van der Waals surface area contributed by atoms with Crippen molar-refractivity contribution in [1.29, 1.82) is 10.8 Å². The molecule has 102 valence electrons. The molecule has 0 heterocycles. The van der Waals surface area contributed by atoms with E-state index in [0.29, 0.717) is 23.5 Å². The van der Waals surface area contributed by atoms with Crippen molar-refractivity contribution in [3.8, 4) is 5.75 Å². The molecule has 6 N–H and O–H groups in total. The van der Waals surface area contributed by atoms with Gasteiger partial charge >= 0.3 is 0 Å². The third kappa shape index (κ3) is 3.35. The van der Waals surface area contributed by atoms with E-state index in [1.54, 1.807) is 30.3 Å². The molecule has 2 rings (SSSR count). The molecule has 0 atom stereocenters. The van der Waals surface area contributed by atoms with Crippen LogP contribution in [0.25, 0.3) is 0 Å². The molecule has 0 bridgehead atoms. The smallest absolute Gasteiger partial charge is 0.122 e. The molecular formula is C15H16N4O. The maximum Gasteiger partial charge on any atom is 0.122 e. The Balaban J connectivity index is 2.03. The molecule has 0 spiro atoms. The number of nitrogens with two attached hydrogens (primary N) is 2. The number of ether oxygens (including phenoxy) is 1. The van der Waals surface area contributed by atoms with E-state index in [9.17, 15) is 0 Å². The Labute approximate surface area is 117 Å². The van der Waals surface area contributed by atoms with Crippen molar-refractivity contribution in [1.82, 2.24) is 0 Å². The molecule has 5 nitrogen and oxygen atoms in total. The van der Waals surface area contributed by atoms with Gasteiger partial charge in [-0.3, -0.25) is 10.8 Å². The highest BCUT2D eigenvalue weighted by molar-refractivity contribution is 5.95. The average Bonchev–Trinajstić information content (AvgIpc) is 2.46. The van der Waals surface area contributed by atoms with E-state index in [4.69, 9.17) is 27.0 Å². The Morgan fingerprint density at radius 1 is 0.900 bits per heavy atom. The summed E-state index contributed by atoms with van der Waals surface area (Å²) in [5, 5.41) is 14.7. The summed E-state index contributed by atoms with van der Waals surface area (Å²) in [6.45, 7) is 0.402. The molecule has 20 heavy (non-hydrogen) atoms. The van der Waals surface area contributed by atoms with Crippen molar-refractivity contribution < 1.29 is 4.74 Å². The van der Waals surface area contributed by atoms with Crippen LogP contribution in [0.5, 0.6) is 5.75 Å². The van der Waals surface area contributed by atoms with Crippen molar-refractivity contribution in [3.63, 3.8) is 0 Å². The summed E-state index contributed by atoms with van der Waals surface area (Å²) < 4.78 is 5.65. The van der Waals surface area contributed by atoms with Crippen LogP contribution in [-0.2, 0) is 6.61 Å². The van der Waals surface area contributed by atoms with E-state index in [1.807, 2.05) is 18.2 Å². The molecular weight excluding hydrogens is 252 g/mol. The highest BCUT2D eigenvalue weighted by Gasteiger charge is 2.01. The van der Waals surface area contributed by atoms with Crippen LogP contribution in [-0.4, -0.2) is 11.7 Å². The van der Waals surface area contributed by atoms with Gasteiger partial charge in [0.2, 0.25) is 0 Å². The van der Waals surface area contributed by atoms with Gasteiger partial charge in [-0.05, 0) is 17.7 Å². The summed E-state index contributed by atoms with van der Waals surface area (Å²) >= 11 is 0. The predicted octanol–water partition coefficient (Wildman–Crippen LogP) is 1.83. The minimum Gasteiger partial charge on any atom is -0.489 e. The zero-order valence-corrected chi connectivity index (χ0v) is 10.9. The lowest BCUT2D eigenvalue weighted by atomic mass is 10.1. The van der Waals surface area contributed by atoms with E-state index in [0.717, 1.165) is 5.56 Å². The SMILES string of the molecule is N=C(N)c1ccc(COc2cccc(C(=N)N)c2)cc1. The van der Waals surface area contributed by atoms with Crippen LogP contribution in [0.4, 0.5) is 0 Å². The molecule has 5 heteroatoms. The standard InChI is InChI=1S/C15H16N4O/c16-14(17)11-6-4-10(5-7-11)9-20-13-3-1-2-12(8-13)15(18)19/h1-8H,9H2,(H3,16,17)(H3,18,19). The van der Waals surface area contributed by atoms with Crippen LogP contribution >= 0.6 is 0 Å². The number of nitrogens with one attached hydrogen (secondary N) is 2. The minimum atomic E-state index is 0.0151. The van der Waals surface area contributed by atoms with Gasteiger partial charge in [-0.15, -0.1) is 0 Å². The monoisotopic (exact) mass is 268 g/mol. The summed E-state index contributed by atoms with van der Waals surface area (Å²) in [4.78, 5) is 0. The highest BCUT2D eigenvalue weighted by Crippen LogP contribution is 2.15. The lowest BCUT2D eigenvalue weighted by Gasteiger charge is -2.08. The Kier molecular flexibility index (Phi) is 4.00. The molecule has 0 amide bonds. The van der Waals surface area contributed by atoms with E-state index in [2.05, 4.69) is 0 Å². The maximum atomic E-state index is 7.38. The Bertz CT molecular complexity index is 635. The van der Waals surface area contributed by atoms with Crippen LogP contribution in [0, 0.1) is 10.8 Å². The first-order chi connectivity index (χ1) is 9.56. The van der Waals surface area contributed by atoms with Crippen LogP contribution in [0.1, 0.15) is 16.7 Å². The molecule has 0 saturated heterocycles. The molecule has 2 aromatic carbocycles. The fourth-order valence-corrected chi connectivity index (χ4v) is 1.70. The van der Waals surface area contributed by atoms with Gasteiger partial charge in [-0.25, -0.2) is 0 Å². The maximum absolute atomic E-state index is 7.38. The predicted molar refractivity (Wildman–Crippen MR) is 79.2 cm³/mol. The molecule has 0 aliphatic rings. The van der Waals surface area contributed by atoms with E-state index in [1.165, 1.54) is 0 Å². The van der Waals surface area contributed by atoms with Gasteiger partial charge in [0, 0.05) is 11.1 Å². The summed E-state index contributed by atoms with van der Waals surface area (Å²) in [6, 6.07) is 14.4. The quantitative estimate of drug-likeness (QED) is 0.490. The van der Waals surface area contributed by atoms with E-state index in [-0.39, 0.29) is 11.7 Å². The van der Waals surface area contributed by atoms with Gasteiger partial charge in [0.1, 0.15) is 24.0 Å². The van der Waals surface area contributed by atoms with Crippen molar-refractivity contribution in [2.24, 2.45) is 11.5 Å².